The van der Waals surface area contributed by atoms with Crippen LogP contribution in [0.3, 0.4) is 0 Å². The van der Waals surface area contributed by atoms with Crippen LogP contribution in [0.1, 0.15) is 55.1 Å². The number of ketones is 1. The molecule has 0 spiro atoms. The molecule has 2 aromatic rings. The number of phenolic OH excluding ortho intramolecular Hbond substituents is 4. The Kier molecular flexibility index (Phi) is 7.87. The third-order valence-electron chi connectivity index (χ3n) is 4.74. The summed E-state index contributed by atoms with van der Waals surface area (Å²) in [5.74, 6) is -3.02. The van der Waals surface area contributed by atoms with Crippen LogP contribution in [-0.2, 0) is 6.42 Å². The average Bonchev–Trinajstić information content (AvgIpc) is 2.73. The highest BCUT2D eigenvalue weighted by atomic mass is 16.3. The Bertz CT molecular complexity index is 994. The number of aromatic hydroxyl groups is 4. The molecule has 0 aliphatic carbocycles. The molecule has 158 valence electrons. The zero-order valence-electron chi connectivity index (χ0n) is 17.5. The zero-order valence-corrected chi connectivity index (χ0v) is 17.5. The van der Waals surface area contributed by atoms with Gasteiger partial charge in [0, 0.05) is 16.7 Å². The van der Waals surface area contributed by atoms with E-state index in [2.05, 4.69) is 6.08 Å². The van der Waals surface area contributed by atoms with Crippen LogP contribution in [0.25, 0.3) is 6.08 Å². The molecular weight excluding hydrogens is 380 g/mol. The van der Waals surface area contributed by atoms with E-state index in [1.807, 2.05) is 26.8 Å². The Morgan fingerprint density at radius 3 is 2.13 bits per heavy atom. The first kappa shape index (κ1) is 22.8. The van der Waals surface area contributed by atoms with Gasteiger partial charge in [0.1, 0.15) is 0 Å². The standard InChI is InChI=1S/C25H28O5/c1-16(2)8-7-9-17(3)12-13-19-20(23(28)25(30)24(29)22(19)27)14-15-21(26)18-10-5-4-6-11-18/h4-6,8,10-12,14-15,27-30H,7,9,13H2,1-3H3/b15-14?,17-12+. The normalized spacial score (nSPS) is 11.6. The molecule has 0 unspecified atom stereocenters. The first-order valence-corrected chi connectivity index (χ1v) is 9.77. The predicted molar refractivity (Wildman–Crippen MR) is 119 cm³/mol. The largest absolute Gasteiger partial charge is 0.504 e. The Labute approximate surface area is 177 Å². The van der Waals surface area contributed by atoms with Crippen LogP contribution in [-0.4, -0.2) is 26.2 Å². The lowest BCUT2D eigenvalue weighted by atomic mass is 9.97. The maximum atomic E-state index is 12.4. The molecule has 4 N–H and O–H groups in total. The van der Waals surface area contributed by atoms with Crippen molar-refractivity contribution >= 4 is 11.9 Å². The topological polar surface area (TPSA) is 98.0 Å². The van der Waals surface area contributed by atoms with E-state index in [1.54, 1.807) is 30.3 Å². The summed E-state index contributed by atoms with van der Waals surface area (Å²) in [4.78, 5) is 12.4. The minimum absolute atomic E-state index is 0.0837. The van der Waals surface area contributed by atoms with Crippen molar-refractivity contribution in [3.05, 3.63) is 76.4 Å². The highest BCUT2D eigenvalue weighted by Crippen LogP contribution is 2.48. The van der Waals surface area contributed by atoms with Gasteiger partial charge in [0.2, 0.25) is 11.5 Å². The fourth-order valence-electron chi connectivity index (χ4n) is 2.98. The zero-order chi connectivity index (χ0) is 22.3. The van der Waals surface area contributed by atoms with Crippen LogP contribution < -0.4 is 0 Å². The minimum atomic E-state index is -0.827. The van der Waals surface area contributed by atoms with Gasteiger partial charge in [-0.15, -0.1) is 0 Å². The Morgan fingerprint density at radius 1 is 0.867 bits per heavy atom. The quantitative estimate of drug-likeness (QED) is 0.149. The number of carbonyl (C=O) groups excluding carboxylic acids is 1. The molecule has 0 fully saturated rings. The van der Waals surface area contributed by atoms with Crippen LogP contribution in [0.4, 0.5) is 0 Å². The molecule has 5 heteroatoms. The molecule has 30 heavy (non-hydrogen) atoms. The van der Waals surface area contributed by atoms with Crippen LogP contribution in [0.5, 0.6) is 23.0 Å². The summed E-state index contributed by atoms with van der Waals surface area (Å²) in [5.41, 5.74) is 3.09. The smallest absolute Gasteiger partial charge is 0.204 e. The molecule has 0 aromatic heterocycles. The predicted octanol–water partition coefficient (Wildman–Crippen LogP) is 5.64. The molecule has 2 aromatic carbocycles. The second-order valence-electron chi connectivity index (χ2n) is 7.43. The van der Waals surface area contributed by atoms with Crippen molar-refractivity contribution in [1.82, 2.24) is 0 Å². The van der Waals surface area contributed by atoms with E-state index in [1.165, 1.54) is 17.7 Å². The number of hydrogen-bond donors (Lipinski definition) is 4. The van der Waals surface area contributed by atoms with Gasteiger partial charge in [-0.25, -0.2) is 0 Å². The molecule has 0 radical (unpaired) electrons. The lowest BCUT2D eigenvalue weighted by Gasteiger charge is -2.13. The second-order valence-corrected chi connectivity index (χ2v) is 7.43. The molecular formula is C25H28O5. The molecule has 0 saturated heterocycles. The van der Waals surface area contributed by atoms with Crippen molar-refractivity contribution in [3.8, 4) is 23.0 Å². The summed E-state index contributed by atoms with van der Waals surface area (Å²) in [6.45, 7) is 6.04. The van der Waals surface area contributed by atoms with Crippen molar-refractivity contribution in [2.24, 2.45) is 0 Å². The van der Waals surface area contributed by atoms with E-state index >= 15 is 0 Å². The Morgan fingerprint density at radius 2 is 1.50 bits per heavy atom. The average molecular weight is 408 g/mol. The number of benzene rings is 2. The molecule has 5 nitrogen and oxygen atoms in total. The maximum Gasteiger partial charge on any atom is 0.204 e. The summed E-state index contributed by atoms with van der Waals surface area (Å²) in [6, 6.07) is 8.61. The summed E-state index contributed by atoms with van der Waals surface area (Å²) >= 11 is 0. The molecule has 0 aliphatic rings. The van der Waals surface area contributed by atoms with E-state index < -0.39 is 23.0 Å². The highest BCUT2D eigenvalue weighted by molar-refractivity contribution is 6.07. The lowest BCUT2D eigenvalue weighted by Crippen LogP contribution is -1.95. The summed E-state index contributed by atoms with van der Waals surface area (Å²) < 4.78 is 0. The third-order valence-corrected chi connectivity index (χ3v) is 4.74. The maximum absolute atomic E-state index is 12.4. The van der Waals surface area contributed by atoms with E-state index in [9.17, 15) is 25.2 Å². The first-order valence-electron chi connectivity index (χ1n) is 9.77. The third kappa shape index (κ3) is 5.77. The fraction of sp³-hybridized carbons (Fsp3) is 0.240. The van der Waals surface area contributed by atoms with Gasteiger partial charge in [-0.2, -0.15) is 0 Å². The first-order chi connectivity index (χ1) is 14.2. The summed E-state index contributed by atoms with van der Waals surface area (Å²) in [7, 11) is 0. The molecule has 0 aliphatic heterocycles. The molecule has 0 heterocycles. The van der Waals surface area contributed by atoms with Crippen LogP contribution in [0.15, 0.2) is 59.7 Å². The monoisotopic (exact) mass is 408 g/mol. The van der Waals surface area contributed by atoms with Crippen molar-refractivity contribution in [1.29, 1.82) is 0 Å². The highest BCUT2D eigenvalue weighted by Gasteiger charge is 2.21. The molecule has 0 saturated carbocycles. The van der Waals surface area contributed by atoms with Crippen LogP contribution >= 0.6 is 0 Å². The van der Waals surface area contributed by atoms with E-state index in [0.717, 1.165) is 18.4 Å². The van der Waals surface area contributed by atoms with Gasteiger partial charge < -0.3 is 20.4 Å². The lowest BCUT2D eigenvalue weighted by molar-refractivity contribution is 0.104. The van der Waals surface area contributed by atoms with E-state index in [0.29, 0.717) is 5.56 Å². The van der Waals surface area contributed by atoms with Gasteiger partial charge in [-0.05, 0) is 52.2 Å². The van der Waals surface area contributed by atoms with Gasteiger partial charge in [0.05, 0.1) is 0 Å². The number of phenols is 4. The number of allylic oxidation sites excluding steroid dienone is 5. The van der Waals surface area contributed by atoms with Gasteiger partial charge in [0.15, 0.2) is 17.3 Å². The number of carbonyl (C=O) groups is 1. The van der Waals surface area contributed by atoms with Gasteiger partial charge >= 0.3 is 0 Å². The van der Waals surface area contributed by atoms with Gasteiger partial charge in [0.25, 0.3) is 0 Å². The van der Waals surface area contributed by atoms with E-state index in [-0.39, 0.29) is 23.3 Å². The van der Waals surface area contributed by atoms with Crippen LogP contribution in [0.2, 0.25) is 0 Å². The van der Waals surface area contributed by atoms with Crippen molar-refractivity contribution < 1.29 is 25.2 Å². The molecule has 0 amide bonds. The Balaban J connectivity index is 2.36. The second kappa shape index (κ2) is 10.3. The summed E-state index contributed by atoms with van der Waals surface area (Å²) in [6.07, 6.45) is 8.56. The Hall–Kier alpha value is -3.47. The number of rotatable bonds is 8. The van der Waals surface area contributed by atoms with Crippen molar-refractivity contribution in [2.45, 2.75) is 40.0 Å². The fourth-order valence-corrected chi connectivity index (χ4v) is 2.98. The van der Waals surface area contributed by atoms with Gasteiger partial charge in [-0.3, -0.25) is 4.79 Å². The van der Waals surface area contributed by atoms with Crippen molar-refractivity contribution in [3.63, 3.8) is 0 Å². The van der Waals surface area contributed by atoms with Crippen LogP contribution in [0, 0.1) is 0 Å². The summed E-state index contributed by atoms with van der Waals surface area (Å²) in [5, 5.41) is 40.5. The molecule has 2 rings (SSSR count). The van der Waals surface area contributed by atoms with Crippen molar-refractivity contribution in [2.75, 3.05) is 0 Å². The number of hydrogen-bond acceptors (Lipinski definition) is 5. The van der Waals surface area contributed by atoms with Gasteiger partial charge in [-0.1, -0.05) is 53.6 Å². The molecule has 0 atom stereocenters. The molecule has 0 bridgehead atoms. The minimum Gasteiger partial charge on any atom is -0.504 e. The van der Waals surface area contributed by atoms with E-state index in [4.69, 9.17) is 0 Å². The SMILES string of the molecule is CC(C)=CCC/C(C)=C/Cc1c(O)c(O)c(O)c(O)c1C=CC(=O)c1ccccc1.